The number of benzene rings is 2. The van der Waals surface area contributed by atoms with E-state index in [0.29, 0.717) is 17.8 Å². The summed E-state index contributed by atoms with van der Waals surface area (Å²) in [5.74, 6) is -0.268. The Kier molecular flexibility index (Phi) is 5.23. The van der Waals surface area contributed by atoms with Gasteiger partial charge in [-0.1, -0.05) is 12.1 Å². The van der Waals surface area contributed by atoms with Crippen molar-refractivity contribution in [3.8, 4) is 5.75 Å². The number of aromatic hydroxyl groups is 1. The first-order valence-corrected chi connectivity index (χ1v) is 8.84. The monoisotopic (exact) mass is 402 g/mol. The highest BCUT2D eigenvalue weighted by atomic mass is 79.9. The number of rotatable bonds is 6. The molecule has 2 aromatic carbocycles. The number of hydrogen-bond donors (Lipinski definition) is 4. The molecule has 0 aliphatic rings. The number of unbranched alkanes of at least 4 members (excludes halogenated alkanes) is 1. The number of phenols is 1. The molecule has 0 radical (unpaired) electrons. The molecule has 130 valence electrons. The fraction of sp³-hybridized carbons (Fsp3) is 0.222. The lowest BCUT2D eigenvalue weighted by molar-refractivity contribution is 0.0950. The Morgan fingerprint density at radius 2 is 2.04 bits per heavy atom. The van der Waals surface area contributed by atoms with Crippen LogP contribution in [0.3, 0.4) is 0 Å². The third-order valence-corrected chi connectivity index (χ3v) is 4.77. The van der Waals surface area contributed by atoms with Crippen LogP contribution in [-0.2, 0) is 6.42 Å². The molecule has 3 rings (SSSR count). The first-order chi connectivity index (χ1) is 12.1. The van der Waals surface area contributed by atoms with Crippen LogP contribution in [0.1, 0.15) is 28.9 Å². The topological polar surface area (TPSA) is 104 Å². The zero-order valence-electron chi connectivity index (χ0n) is 13.6. The molecule has 0 aliphatic heterocycles. The third-order valence-electron chi connectivity index (χ3n) is 4.08. The average Bonchev–Trinajstić information content (AvgIpc) is 3.02. The predicted octanol–water partition coefficient (Wildman–Crippen LogP) is 3.37. The van der Waals surface area contributed by atoms with Gasteiger partial charge in [-0.05, 0) is 59.5 Å². The Morgan fingerprint density at radius 3 is 2.84 bits per heavy atom. The van der Waals surface area contributed by atoms with E-state index in [4.69, 9.17) is 5.73 Å². The van der Waals surface area contributed by atoms with Gasteiger partial charge in [-0.3, -0.25) is 9.89 Å². The lowest BCUT2D eigenvalue weighted by Crippen LogP contribution is -2.24. The van der Waals surface area contributed by atoms with Gasteiger partial charge in [0.2, 0.25) is 0 Å². The van der Waals surface area contributed by atoms with Gasteiger partial charge in [-0.15, -0.1) is 0 Å². The maximum atomic E-state index is 12.0. The number of aromatic nitrogens is 2. The largest absolute Gasteiger partial charge is 0.507 e. The Morgan fingerprint density at radius 1 is 1.24 bits per heavy atom. The molecule has 0 atom stereocenters. The van der Waals surface area contributed by atoms with E-state index >= 15 is 0 Å². The quantitative estimate of drug-likeness (QED) is 0.374. The van der Waals surface area contributed by atoms with E-state index in [1.165, 1.54) is 6.07 Å². The van der Waals surface area contributed by atoms with Crippen LogP contribution in [0.2, 0.25) is 0 Å². The maximum Gasteiger partial charge on any atom is 0.255 e. The summed E-state index contributed by atoms with van der Waals surface area (Å²) in [5, 5.41) is 20.8. The summed E-state index contributed by atoms with van der Waals surface area (Å²) in [6, 6.07) is 10.4. The smallest absolute Gasteiger partial charge is 0.255 e. The molecule has 0 saturated heterocycles. The Bertz CT molecular complexity index is 907. The van der Waals surface area contributed by atoms with Gasteiger partial charge in [0.25, 0.3) is 5.91 Å². The molecule has 0 bridgehead atoms. The molecule has 0 saturated carbocycles. The molecule has 0 aliphatic carbocycles. The molecule has 7 heteroatoms. The molecular weight excluding hydrogens is 384 g/mol. The van der Waals surface area contributed by atoms with Crippen molar-refractivity contribution in [2.24, 2.45) is 0 Å². The van der Waals surface area contributed by atoms with E-state index < -0.39 is 0 Å². The number of nitrogens with one attached hydrogen (secondary N) is 2. The minimum atomic E-state index is -0.261. The second-order valence-corrected chi connectivity index (χ2v) is 6.64. The lowest BCUT2D eigenvalue weighted by Gasteiger charge is -2.06. The summed E-state index contributed by atoms with van der Waals surface area (Å²) in [6.45, 7) is 0.549. The van der Waals surface area contributed by atoms with E-state index in [-0.39, 0.29) is 11.7 Å². The molecular formula is C18H19BrN4O2. The van der Waals surface area contributed by atoms with E-state index in [1.807, 2.05) is 12.1 Å². The fourth-order valence-electron chi connectivity index (χ4n) is 2.71. The van der Waals surface area contributed by atoms with Crippen molar-refractivity contribution in [1.82, 2.24) is 15.5 Å². The first-order valence-electron chi connectivity index (χ1n) is 8.05. The zero-order valence-corrected chi connectivity index (χ0v) is 15.1. The second kappa shape index (κ2) is 7.57. The zero-order chi connectivity index (χ0) is 17.8. The van der Waals surface area contributed by atoms with Crippen LogP contribution in [0.4, 0.5) is 5.69 Å². The predicted molar refractivity (Wildman–Crippen MR) is 102 cm³/mol. The average molecular weight is 403 g/mol. The van der Waals surface area contributed by atoms with Gasteiger partial charge in [0.15, 0.2) is 0 Å². The minimum absolute atomic E-state index is 0.00678. The van der Waals surface area contributed by atoms with E-state index in [1.54, 1.807) is 18.2 Å². The number of aromatic amines is 1. The van der Waals surface area contributed by atoms with Gasteiger partial charge < -0.3 is 16.2 Å². The molecule has 1 amide bonds. The summed E-state index contributed by atoms with van der Waals surface area (Å²) >= 11 is 3.40. The number of halogens is 1. The van der Waals surface area contributed by atoms with Crippen LogP contribution >= 0.6 is 15.9 Å². The van der Waals surface area contributed by atoms with Gasteiger partial charge >= 0.3 is 0 Å². The second-order valence-electron chi connectivity index (χ2n) is 5.79. The van der Waals surface area contributed by atoms with Crippen LogP contribution in [0.25, 0.3) is 10.9 Å². The number of amides is 1. The number of anilines is 1. The van der Waals surface area contributed by atoms with Crippen LogP contribution in [-0.4, -0.2) is 27.8 Å². The highest BCUT2D eigenvalue weighted by Crippen LogP contribution is 2.29. The summed E-state index contributed by atoms with van der Waals surface area (Å²) in [6.07, 6.45) is 2.55. The fourth-order valence-corrected chi connectivity index (χ4v) is 3.03. The summed E-state index contributed by atoms with van der Waals surface area (Å²) in [4.78, 5) is 12.0. The molecule has 0 spiro atoms. The number of para-hydroxylation sites is 1. The minimum Gasteiger partial charge on any atom is -0.507 e. The van der Waals surface area contributed by atoms with Crippen LogP contribution in [0.15, 0.2) is 40.9 Å². The Hall–Kier alpha value is -2.54. The van der Waals surface area contributed by atoms with Crippen molar-refractivity contribution in [3.05, 3.63) is 52.1 Å². The summed E-state index contributed by atoms with van der Waals surface area (Å²) in [5.41, 5.74) is 8.76. The number of phenolic OH excluding ortho intramolecular Hbond substituents is 1. The van der Waals surface area contributed by atoms with Gasteiger partial charge in [0.05, 0.1) is 11.3 Å². The van der Waals surface area contributed by atoms with Crippen molar-refractivity contribution >= 4 is 38.4 Å². The van der Waals surface area contributed by atoms with Gasteiger partial charge in [0, 0.05) is 22.1 Å². The highest BCUT2D eigenvalue weighted by molar-refractivity contribution is 9.10. The van der Waals surface area contributed by atoms with E-state index in [9.17, 15) is 9.90 Å². The van der Waals surface area contributed by atoms with E-state index in [2.05, 4.69) is 31.4 Å². The number of aryl methyl sites for hydroxylation is 1. The van der Waals surface area contributed by atoms with Crippen LogP contribution < -0.4 is 11.1 Å². The number of hydrogen-bond acceptors (Lipinski definition) is 4. The van der Waals surface area contributed by atoms with E-state index in [0.717, 1.165) is 40.3 Å². The van der Waals surface area contributed by atoms with Crippen LogP contribution in [0, 0.1) is 0 Å². The van der Waals surface area contributed by atoms with Gasteiger partial charge in [-0.2, -0.15) is 5.10 Å². The molecule has 1 heterocycles. The lowest BCUT2D eigenvalue weighted by atomic mass is 10.1. The van der Waals surface area contributed by atoms with Crippen molar-refractivity contribution in [2.45, 2.75) is 19.3 Å². The Balaban J connectivity index is 1.50. The molecule has 25 heavy (non-hydrogen) atoms. The summed E-state index contributed by atoms with van der Waals surface area (Å²) in [7, 11) is 0. The molecule has 0 unspecified atom stereocenters. The van der Waals surface area contributed by atoms with Gasteiger partial charge in [-0.25, -0.2) is 0 Å². The first kappa shape index (κ1) is 17.3. The van der Waals surface area contributed by atoms with Crippen molar-refractivity contribution in [3.63, 3.8) is 0 Å². The number of nitrogen functional groups attached to an aromatic ring is 1. The maximum absolute atomic E-state index is 12.0. The molecule has 3 aromatic rings. The normalized spacial score (nSPS) is 10.9. The number of nitrogens with zero attached hydrogens (tertiary/aromatic N) is 1. The highest BCUT2D eigenvalue weighted by Gasteiger charge is 2.11. The van der Waals surface area contributed by atoms with Crippen LogP contribution in [0.5, 0.6) is 5.75 Å². The van der Waals surface area contributed by atoms with Crippen molar-refractivity contribution in [2.75, 3.05) is 12.3 Å². The number of carbonyl (C=O) groups excluding carboxylic acids is 1. The molecule has 6 nitrogen and oxygen atoms in total. The third kappa shape index (κ3) is 3.76. The Labute approximate surface area is 153 Å². The number of H-pyrrole nitrogens is 1. The summed E-state index contributed by atoms with van der Waals surface area (Å²) < 4.78 is 0.838. The molecule has 0 fully saturated rings. The molecule has 5 N–H and O–H groups in total. The van der Waals surface area contributed by atoms with Crippen molar-refractivity contribution < 1.29 is 9.90 Å². The van der Waals surface area contributed by atoms with Gasteiger partial charge in [0.1, 0.15) is 11.3 Å². The standard InChI is InChI=1S/C18H19BrN4O2/c19-13-9-8-11-14(22-23-17(11)16(13)20)6-3-4-10-21-18(25)12-5-1-2-7-15(12)24/h1-2,5,7-9,24H,3-4,6,10,20H2,(H,21,25)(H,22,23). The number of fused-ring (bicyclic) bond motifs is 1. The molecule has 1 aromatic heterocycles. The number of carbonyl (C=O) groups is 1. The SMILES string of the molecule is Nc1c(Br)ccc2c(CCCCNC(=O)c3ccccc3O)[nH]nc12. The number of nitrogens with two attached hydrogens (primary N) is 1. The van der Waals surface area contributed by atoms with Crippen molar-refractivity contribution in [1.29, 1.82) is 0 Å².